The van der Waals surface area contributed by atoms with Crippen molar-refractivity contribution in [2.45, 2.75) is 28.5 Å². The molecule has 1 saturated carbocycles. The summed E-state index contributed by atoms with van der Waals surface area (Å²) >= 11 is 24.5. The SMILES string of the molecule is COc1cc(Br)cc([C@H]2C3=CC[C@@H]4C(=O)N(c5ccc(Br)cc5)C(=O)[C@@H]4[C@@H]3C[C@@]3(Cl)C(=O)N(CBr)C(=O)[C@@]23Cl)c1O. The molecule has 214 valence electrons. The summed E-state index contributed by atoms with van der Waals surface area (Å²) in [5.74, 6) is -5.69. The topological polar surface area (TPSA) is 104 Å². The van der Waals surface area contributed by atoms with Crippen molar-refractivity contribution in [1.29, 1.82) is 0 Å². The fourth-order valence-corrected chi connectivity index (χ4v) is 9.05. The van der Waals surface area contributed by atoms with Crippen molar-refractivity contribution >= 4 is 100 Å². The quantitative estimate of drug-likeness (QED) is 0.181. The van der Waals surface area contributed by atoms with Gasteiger partial charge in [0.2, 0.25) is 11.8 Å². The van der Waals surface area contributed by atoms with E-state index in [1.54, 1.807) is 36.4 Å². The molecule has 8 nitrogen and oxygen atoms in total. The number of ether oxygens (including phenoxy) is 1. The monoisotopic (exact) mass is 788 g/mol. The van der Waals surface area contributed by atoms with Gasteiger partial charge in [-0.25, -0.2) is 0 Å². The minimum atomic E-state index is -2.03. The number of imide groups is 2. The van der Waals surface area contributed by atoms with E-state index in [2.05, 4.69) is 47.8 Å². The van der Waals surface area contributed by atoms with Gasteiger partial charge in [0.15, 0.2) is 21.2 Å². The number of rotatable bonds is 4. The molecule has 1 N–H and O–H groups in total. The standard InChI is InChI=1S/C28H21Br3Cl2N2O6/c1-41-19-9-13(31)8-17(22(19)36)21-15-6-7-16-20(24(38)35(23(16)37)14-4-2-12(30)3-5-14)18(15)10-27(32)25(39)34(11-29)26(40)28(21,27)33/h2-6,8-9,16,18,20-21,36H,7,10-11H2,1H3/t16-,18+,20-,21+,27+,28-/m0/s1. The van der Waals surface area contributed by atoms with Gasteiger partial charge >= 0.3 is 0 Å². The Morgan fingerprint density at radius 1 is 1.00 bits per heavy atom. The Bertz CT molecular complexity index is 1570. The molecule has 0 bridgehead atoms. The molecule has 3 fully saturated rings. The van der Waals surface area contributed by atoms with E-state index in [1.165, 1.54) is 12.0 Å². The highest BCUT2D eigenvalue weighted by atomic mass is 79.9. The maximum atomic E-state index is 14.0. The van der Waals surface area contributed by atoms with Gasteiger partial charge < -0.3 is 9.84 Å². The number of aromatic hydroxyl groups is 1. The molecule has 2 aliphatic heterocycles. The number of carbonyl (C=O) groups excluding carboxylic acids is 4. The van der Waals surface area contributed by atoms with Crippen LogP contribution in [0.15, 0.2) is 57.0 Å². The molecule has 2 aromatic rings. The van der Waals surface area contributed by atoms with Crippen LogP contribution in [0, 0.1) is 17.8 Å². The Labute approximate surface area is 270 Å². The van der Waals surface area contributed by atoms with Crippen LogP contribution in [0.1, 0.15) is 24.3 Å². The number of alkyl halides is 3. The van der Waals surface area contributed by atoms with E-state index in [0.29, 0.717) is 15.7 Å². The zero-order valence-corrected chi connectivity index (χ0v) is 27.5. The average Bonchev–Trinajstić information content (AvgIpc) is 3.28. The summed E-state index contributed by atoms with van der Waals surface area (Å²) in [5.41, 5.74) is 1.08. The number of hydrogen-bond acceptors (Lipinski definition) is 6. The van der Waals surface area contributed by atoms with Crippen LogP contribution in [-0.4, -0.2) is 55.9 Å². The lowest BCUT2D eigenvalue weighted by molar-refractivity contribution is -0.138. The molecule has 2 aromatic carbocycles. The van der Waals surface area contributed by atoms with Crippen molar-refractivity contribution < 1.29 is 29.0 Å². The number of carbonyl (C=O) groups is 4. The molecule has 13 heteroatoms. The molecule has 0 radical (unpaired) electrons. The Balaban J connectivity index is 1.55. The minimum absolute atomic E-state index is 0.119. The Kier molecular flexibility index (Phi) is 7.17. The number of hydrogen-bond donors (Lipinski definition) is 1. The van der Waals surface area contributed by atoms with Crippen molar-refractivity contribution in [2.24, 2.45) is 17.8 Å². The number of fused-ring (bicyclic) bond motifs is 4. The molecule has 2 saturated heterocycles. The number of amides is 4. The van der Waals surface area contributed by atoms with E-state index >= 15 is 0 Å². The van der Waals surface area contributed by atoms with Gasteiger partial charge in [0.25, 0.3) is 11.8 Å². The number of methoxy groups -OCH3 is 1. The molecule has 41 heavy (non-hydrogen) atoms. The van der Waals surface area contributed by atoms with Crippen LogP contribution in [0.25, 0.3) is 0 Å². The van der Waals surface area contributed by atoms with Crippen LogP contribution in [-0.2, 0) is 19.2 Å². The predicted octanol–water partition coefficient (Wildman–Crippen LogP) is 5.84. The smallest absolute Gasteiger partial charge is 0.254 e. The highest BCUT2D eigenvalue weighted by Gasteiger charge is 2.76. The van der Waals surface area contributed by atoms with Gasteiger partial charge in [-0.2, -0.15) is 0 Å². The maximum absolute atomic E-state index is 14.0. The van der Waals surface area contributed by atoms with Crippen molar-refractivity contribution in [2.75, 3.05) is 17.5 Å². The summed E-state index contributed by atoms with van der Waals surface area (Å²) < 4.78 is 6.70. The van der Waals surface area contributed by atoms with Crippen LogP contribution in [0.3, 0.4) is 0 Å². The molecule has 0 aromatic heterocycles. The van der Waals surface area contributed by atoms with Gasteiger partial charge in [0.1, 0.15) is 0 Å². The lowest BCUT2D eigenvalue weighted by Crippen LogP contribution is -2.60. The molecule has 2 aliphatic carbocycles. The summed E-state index contributed by atoms with van der Waals surface area (Å²) in [6.07, 6.45) is 1.88. The fraction of sp³-hybridized carbons (Fsp3) is 0.357. The fourth-order valence-electron chi connectivity index (χ4n) is 6.91. The third-order valence-corrected chi connectivity index (χ3v) is 11.6. The number of nitrogens with zero attached hydrogens (tertiary/aromatic N) is 2. The van der Waals surface area contributed by atoms with E-state index in [1.807, 2.05) is 6.08 Å². The molecular weight excluding hydrogens is 771 g/mol. The number of phenols is 1. The molecule has 4 aliphatic rings. The summed E-state index contributed by atoms with van der Waals surface area (Å²) in [7, 11) is 1.39. The third kappa shape index (κ3) is 3.88. The van der Waals surface area contributed by atoms with E-state index in [9.17, 15) is 24.3 Å². The Hall–Kier alpha value is -1.92. The first kappa shape index (κ1) is 29.2. The summed E-state index contributed by atoms with van der Waals surface area (Å²) in [5, 5.41) is 11.3. The minimum Gasteiger partial charge on any atom is -0.504 e. The van der Waals surface area contributed by atoms with Crippen molar-refractivity contribution in [3.63, 3.8) is 0 Å². The van der Waals surface area contributed by atoms with Gasteiger partial charge in [-0.1, -0.05) is 59.4 Å². The third-order valence-electron chi connectivity index (χ3n) is 8.70. The number of anilines is 1. The zero-order valence-electron chi connectivity index (χ0n) is 21.2. The number of phenolic OH excluding ortho intramolecular Hbond substituents is 1. The van der Waals surface area contributed by atoms with Gasteiger partial charge in [-0.3, -0.25) is 29.0 Å². The first-order valence-corrected chi connectivity index (χ1v) is 16.1. The largest absolute Gasteiger partial charge is 0.504 e. The second kappa shape index (κ2) is 10.1. The van der Waals surface area contributed by atoms with Crippen molar-refractivity contribution in [3.05, 3.63) is 62.6 Å². The first-order valence-electron chi connectivity index (χ1n) is 12.6. The van der Waals surface area contributed by atoms with E-state index in [0.717, 1.165) is 9.37 Å². The number of likely N-dealkylation sites (tertiary alicyclic amines) is 1. The predicted molar refractivity (Wildman–Crippen MR) is 162 cm³/mol. The van der Waals surface area contributed by atoms with Crippen LogP contribution < -0.4 is 9.64 Å². The maximum Gasteiger partial charge on any atom is 0.254 e. The second-order valence-electron chi connectivity index (χ2n) is 10.5. The molecule has 0 unspecified atom stereocenters. The van der Waals surface area contributed by atoms with E-state index in [-0.39, 0.29) is 41.3 Å². The average molecular weight is 792 g/mol. The number of benzene rings is 2. The lowest BCUT2D eigenvalue weighted by atomic mass is 9.56. The number of halogens is 5. The van der Waals surface area contributed by atoms with Crippen LogP contribution in [0.4, 0.5) is 5.69 Å². The highest BCUT2D eigenvalue weighted by Crippen LogP contribution is 2.66. The Morgan fingerprint density at radius 2 is 1.68 bits per heavy atom. The van der Waals surface area contributed by atoms with Gasteiger partial charge in [0, 0.05) is 20.4 Å². The Morgan fingerprint density at radius 3 is 2.32 bits per heavy atom. The summed E-state index contributed by atoms with van der Waals surface area (Å²) in [4.78, 5) is 53.5. The van der Waals surface area contributed by atoms with Crippen LogP contribution in [0.2, 0.25) is 0 Å². The van der Waals surface area contributed by atoms with Crippen molar-refractivity contribution in [3.8, 4) is 11.5 Å². The second-order valence-corrected chi connectivity index (χ2v) is 14.1. The first-order chi connectivity index (χ1) is 19.4. The molecule has 4 amide bonds. The van der Waals surface area contributed by atoms with Gasteiger partial charge in [-0.15, -0.1) is 23.2 Å². The number of allylic oxidation sites excluding steroid dienone is 2. The van der Waals surface area contributed by atoms with E-state index in [4.69, 9.17) is 27.9 Å². The van der Waals surface area contributed by atoms with Gasteiger partial charge in [-0.05, 0) is 55.2 Å². The van der Waals surface area contributed by atoms with Gasteiger partial charge in [0.05, 0.1) is 30.1 Å². The van der Waals surface area contributed by atoms with Crippen molar-refractivity contribution in [1.82, 2.24) is 4.90 Å². The summed E-state index contributed by atoms with van der Waals surface area (Å²) in [6.45, 7) is 0. The molecule has 6 atom stereocenters. The normalized spacial score (nSPS) is 32.6. The lowest BCUT2D eigenvalue weighted by Gasteiger charge is -2.50. The van der Waals surface area contributed by atoms with E-state index < -0.39 is 51.1 Å². The summed E-state index contributed by atoms with van der Waals surface area (Å²) in [6, 6.07) is 10.0. The molecular formula is C28H21Br3Cl2N2O6. The molecule has 2 heterocycles. The highest BCUT2D eigenvalue weighted by molar-refractivity contribution is 9.10. The molecule has 6 rings (SSSR count). The molecule has 0 spiro atoms. The zero-order chi connectivity index (χ0) is 29.6. The van der Waals surface area contributed by atoms with Crippen LogP contribution >= 0.6 is 71.0 Å². The van der Waals surface area contributed by atoms with Crippen LogP contribution in [0.5, 0.6) is 11.5 Å².